The van der Waals surface area contributed by atoms with E-state index in [0.717, 1.165) is 32.5 Å². The van der Waals surface area contributed by atoms with Crippen LogP contribution in [0.1, 0.15) is 28.9 Å². The monoisotopic (exact) mass is 353 g/mol. The highest BCUT2D eigenvalue weighted by Gasteiger charge is 2.35. The number of amides is 1. The Bertz CT molecular complexity index is 916. The average molecular weight is 353 g/mol. The maximum Gasteiger partial charge on any atom is 0.384 e. The number of rotatable bonds is 2. The van der Waals surface area contributed by atoms with Crippen LogP contribution in [0.15, 0.2) is 22.9 Å². The minimum atomic E-state index is -0.631. The predicted octanol–water partition coefficient (Wildman–Crippen LogP) is 1.18. The average Bonchev–Trinajstić information content (AvgIpc) is 3.09. The fourth-order valence-corrected chi connectivity index (χ4v) is 3.69. The molecule has 0 spiro atoms. The number of fused-ring (bicyclic) bond motifs is 4. The van der Waals surface area contributed by atoms with Crippen LogP contribution in [-0.4, -0.2) is 54.5 Å². The molecule has 3 saturated heterocycles. The number of carbonyl (C=O) groups excluding carboxylic acids is 2. The number of esters is 1. The zero-order valence-electron chi connectivity index (χ0n) is 14.4. The van der Waals surface area contributed by atoms with Gasteiger partial charge in [-0.15, -0.1) is 0 Å². The summed E-state index contributed by atoms with van der Waals surface area (Å²) in [7, 11) is 1.27. The molecule has 5 heterocycles. The van der Waals surface area contributed by atoms with Crippen molar-refractivity contribution in [2.75, 3.05) is 26.7 Å². The molecule has 3 aliphatic rings. The number of nitrogens with one attached hydrogen (secondary N) is 1. The fourth-order valence-electron chi connectivity index (χ4n) is 3.69. The van der Waals surface area contributed by atoms with Crippen LogP contribution in [0, 0.1) is 17.8 Å². The molecule has 134 valence electrons. The number of aromatic nitrogens is 1. The molecule has 1 atom stereocenters. The van der Waals surface area contributed by atoms with E-state index in [1.54, 1.807) is 6.07 Å². The van der Waals surface area contributed by atoms with Crippen molar-refractivity contribution < 1.29 is 18.7 Å². The Morgan fingerprint density at radius 3 is 2.88 bits per heavy atom. The van der Waals surface area contributed by atoms with Crippen LogP contribution in [-0.2, 0) is 9.53 Å². The quantitative estimate of drug-likeness (QED) is 0.645. The molecule has 5 rings (SSSR count). The third-order valence-electron chi connectivity index (χ3n) is 5.15. The molecule has 1 amide bonds. The van der Waals surface area contributed by atoms with E-state index in [2.05, 4.69) is 31.8 Å². The van der Waals surface area contributed by atoms with Crippen LogP contribution >= 0.6 is 0 Å². The van der Waals surface area contributed by atoms with E-state index in [-0.39, 0.29) is 11.9 Å². The standard InChI is InChI=1S/C19H19N3O4/c1-25-18(23)3-2-13-11-26-17-9-20-15(8-14(13)17)19(24)21-16-10-22-6-4-12(16)5-7-22/h8-9,11-12,16H,4-7,10H2,1H3,(H,21,24)/t16-/m0/s1. The lowest BCUT2D eigenvalue weighted by Gasteiger charge is -2.44. The SMILES string of the molecule is COC(=O)C#Cc1coc2cnc(C(=O)N[C@H]3CN4CCC3CC4)cc12. The summed E-state index contributed by atoms with van der Waals surface area (Å²) in [4.78, 5) is 30.4. The summed E-state index contributed by atoms with van der Waals surface area (Å²) in [6.07, 6.45) is 5.21. The molecule has 0 aromatic carbocycles. The van der Waals surface area contributed by atoms with Gasteiger partial charge >= 0.3 is 5.97 Å². The van der Waals surface area contributed by atoms with E-state index in [0.29, 0.717) is 28.1 Å². The zero-order chi connectivity index (χ0) is 18.1. The third-order valence-corrected chi connectivity index (χ3v) is 5.15. The molecule has 3 aliphatic heterocycles. The molecule has 7 heteroatoms. The molecule has 7 nitrogen and oxygen atoms in total. The van der Waals surface area contributed by atoms with E-state index in [1.807, 2.05) is 0 Å². The first-order valence-corrected chi connectivity index (χ1v) is 8.64. The first-order chi connectivity index (χ1) is 12.6. The summed E-state index contributed by atoms with van der Waals surface area (Å²) in [6, 6.07) is 1.82. The maximum atomic E-state index is 12.6. The Morgan fingerprint density at radius 1 is 1.38 bits per heavy atom. The van der Waals surface area contributed by atoms with E-state index in [4.69, 9.17) is 4.42 Å². The van der Waals surface area contributed by atoms with Crippen LogP contribution in [0.25, 0.3) is 11.0 Å². The number of hydrogen-bond acceptors (Lipinski definition) is 6. The second kappa shape index (κ2) is 6.81. The van der Waals surface area contributed by atoms with E-state index < -0.39 is 5.97 Å². The Labute approximate surface area is 150 Å². The van der Waals surface area contributed by atoms with Gasteiger partial charge in [0, 0.05) is 23.9 Å². The summed E-state index contributed by atoms with van der Waals surface area (Å²) in [6.45, 7) is 3.15. The summed E-state index contributed by atoms with van der Waals surface area (Å²) >= 11 is 0. The topological polar surface area (TPSA) is 84.7 Å². The van der Waals surface area contributed by atoms with Crippen LogP contribution in [0.3, 0.4) is 0 Å². The minimum absolute atomic E-state index is 0.172. The second-order valence-corrected chi connectivity index (χ2v) is 6.67. The number of furan rings is 1. The van der Waals surface area contributed by atoms with Gasteiger partial charge in [0.05, 0.1) is 18.9 Å². The number of pyridine rings is 1. The molecule has 2 bridgehead atoms. The smallest absolute Gasteiger partial charge is 0.384 e. The van der Waals surface area contributed by atoms with Crippen LogP contribution in [0.5, 0.6) is 0 Å². The molecule has 2 aromatic heterocycles. The van der Waals surface area contributed by atoms with Crippen molar-refractivity contribution in [1.82, 2.24) is 15.2 Å². The van der Waals surface area contributed by atoms with Crippen LogP contribution in [0.2, 0.25) is 0 Å². The second-order valence-electron chi connectivity index (χ2n) is 6.67. The van der Waals surface area contributed by atoms with E-state index in [1.165, 1.54) is 19.6 Å². The van der Waals surface area contributed by atoms with Gasteiger partial charge in [0.1, 0.15) is 12.0 Å². The predicted molar refractivity (Wildman–Crippen MR) is 93.3 cm³/mol. The first kappa shape index (κ1) is 16.6. The van der Waals surface area contributed by atoms with E-state index in [9.17, 15) is 9.59 Å². The van der Waals surface area contributed by atoms with Gasteiger partial charge in [-0.2, -0.15) is 0 Å². The van der Waals surface area contributed by atoms with Gasteiger partial charge in [-0.25, -0.2) is 9.78 Å². The van der Waals surface area contributed by atoms with Crippen molar-refractivity contribution in [3.05, 3.63) is 29.8 Å². The molecule has 1 N–H and O–H groups in total. The number of nitrogens with zero attached hydrogens (tertiary/aromatic N) is 2. The molecule has 0 saturated carbocycles. The highest BCUT2D eigenvalue weighted by molar-refractivity contribution is 5.97. The zero-order valence-corrected chi connectivity index (χ0v) is 14.4. The third kappa shape index (κ3) is 3.16. The Balaban J connectivity index is 1.55. The molecule has 0 aliphatic carbocycles. The first-order valence-electron chi connectivity index (χ1n) is 8.64. The summed E-state index contributed by atoms with van der Waals surface area (Å²) < 4.78 is 9.89. The summed E-state index contributed by atoms with van der Waals surface area (Å²) in [5.74, 6) is 4.78. The van der Waals surface area contributed by atoms with Crippen molar-refractivity contribution in [2.45, 2.75) is 18.9 Å². The van der Waals surface area contributed by atoms with Crippen molar-refractivity contribution >= 4 is 22.8 Å². The van der Waals surface area contributed by atoms with E-state index >= 15 is 0 Å². The Morgan fingerprint density at radius 2 is 2.19 bits per heavy atom. The van der Waals surface area contributed by atoms with Gasteiger partial charge < -0.3 is 19.4 Å². The van der Waals surface area contributed by atoms with Crippen molar-refractivity contribution in [3.63, 3.8) is 0 Å². The number of ether oxygens (including phenoxy) is 1. The molecular formula is C19H19N3O4. The lowest BCUT2D eigenvalue weighted by atomic mass is 9.84. The van der Waals surface area contributed by atoms with Crippen molar-refractivity contribution in [1.29, 1.82) is 0 Å². The van der Waals surface area contributed by atoms with Crippen molar-refractivity contribution in [2.24, 2.45) is 5.92 Å². The number of piperidine rings is 3. The normalized spacial score (nSPS) is 24.0. The summed E-state index contributed by atoms with van der Waals surface area (Å²) in [5, 5.41) is 3.77. The number of hydrogen-bond donors (Lipinski definition) is 1. The van der Waals surface area contributed by atoms with Crippen molar-refractivity contribution in [3.8, 4) is 11.8 Å². The highest BCUT2D eigenvalue weighted by Crippen LogP contribution is 2.28. The molecule has 26 heavy (non-hydrogen) atoms. The molecule has 0 unspecified atom stereocenters. The number of methoxy groups -OCH3 is 1. The maximum absolute atomic E-state index is 12.6. The van der Waals surface area contributed by atoms with Gasteiger partial charge in [-0.1, -0.05) is 5.92 Å². The lowest BCUT2D eigenvalue weighted by Crippen LogP contribution is -2.57. The van der Waals surface area contributed by atoms with Gasteiger partial charge in [-0.05, 0) is 37.9 Å². The highest BCUT2D eigenvalue weighted by atomic mass is 16.5. The Kier molecular flexibility index (Phi) is 4.35. The van der Waals surface area contributed by atoms with Crippen LogP contribution in [0.4, 0.5) is 0 Å². The molecule has 0 radical (unpaired) electrons. The van der Waals surface area contributed by atoms with Gasteiger partial charge in [0.2, 0.25) is 0 Å². The van der Waals surface area contributed by atoms with Crippen LogP contribution < -0.4 is 5.32 Å². The van der Waals surface area contributed by atoms with Gasteiger partial charge in [0.15, 0.2) is 5.58 Å². The minimum Gasteiger partial charge on any atom is -0.461 e. The fraction of sp³-hybridized carbons (Fsp3) is 0.421. The Hall–Kier alpha value is -2.85. The largest absolute Gasteiger partial charge is 0.461 e. The number of carbonyl (C=O) groups is 2. The molecular weight excluding hydrogens is 334 g/mol. The summed E-state index contributed by atoms with van der Waals surface area (Å²) in [5.41, 5.74) is 1.35. The lowest BCUT2D eigenvalue weighted by molar-refractivity contribution is -0.133. The van der Waals surface area contributed by atoms with Gasteiger partial charge in [-0.3, -0.25) is 4.79 Å². The van der Waals surface area contributed by atoms with Gasteiger partial charge in [0.25, 0.3) is 5.91 Å². The molecule has 3 fully saturated rings. The molecule has 2 aromatic rings.